The van der Waals surface area contributed by atoms with Crippen molar-refractivity contribution >= 4 is 18.1 Å². The molecule has 1 aliphatic carbocycles. The van der Waals surface area contributed by atoms with Crippen LogP contribution in [-0.4, -0.2) is 18.0 Å². The topological polar surface area (TPSA) is 55.4 Å². The highest BCUT2D eigenvalue weighted by Gasteiger charge is 2.22. The van der Waals surface area contributed by atoms with Gasteiger partial charge in [-0.05, 0) is 70.1 Å². The molecule has 4 heteroatoms. The van der Waals surface area contributed by atoms with Crippen LogP contribution in [-0.2, 0) is 9.53 Å². The number of carbonyl (C=O) groups excluding carboxylic acids is 2. The van der Waals surface area contributed by atoms with Crippen LogP contribution in [0.3, 0.4) is 0 Å². The van der Waals surface area contributed by atoms with Gasteiger partial charge in [-0.15, -0.1) is 0 Å². The Balaban J connectivity index is 1.90. The van der Waals surface area contributed by atoms with Crippen LogP contribution in [0.25, 0.3) is 0 Å². The molecule has 4 nitrogen and oxygen atoms in total. The molecule has 120 valence electrons. The monoisotopic (exact) mass is 303 g/mol. The average molecular weight is 303 g/mol. The van der Waals surface area contributed by atoms with Crippen molar-refractivity contribution in [3.63, 3.8) is 0 Å². The van der Waals surface area contributed by atoms with E-state index in [2.05, 4.69) is 17.4 Å². The van der Waals surface area contributed by atoms with Gasteiger partial charge in [0.05, 0.1) is 0 Å². The summed E-state index contributed by atoms with van der Waals surface area (Å²) >= 11 is 0. The second-order valence-corrected chi connectivity index (χ2v) is 7.00. The first kappa shape index (κ1) is 16.5. The van der Waals surface area contributed by atoms with Gasteiger partial charge in [-0.1, -0.05) is 12.1 Å². The number of aldehydes is 1. The third-order valence-electron chi connectivity index (χ3n) is 3.99. The molecule has 0 heterocycles. The molecule has 0 unspecified atom stereocenters. The molecule has 0 atom stereocenters. The number of nitrogens with one attached hydrogen (secondary N) is 1. The van der Waals surface area contributed by atoms with Crippen LogP contribution in [0.15, 0.2) is 24.3 Å². The van der Waals surface area contributed by atoms with Crippen molar-refractivity contribution in [2.45, 2.75) is 58.0 Å². The second-order valence-electron chi connectivity index (χ2n) is 7.00. The smallest absolute Gasteiger partial charge is 0.412 e. The third kappa shape index (κ3) is 4.86. The lowest BCUT2D eigenvalue weighted by molar-refractivity contribution is -0.111. The number of benzene rings is 1. The van der Waals surface area contributed by atoms with E-state index in [-0.39, 0.29) is 5.92 Å². The van der Waals surface area contributed by atoms with Gasteiger partial charge in [0.15, 0.2) is 0 Å². The number of anilines is 1. The summed E-state index contributed by atoms with van der Waals surface area (Å²) in [5.41, 5.74) is 1.51. The summed E-state index contributed by atoms with van der Waals surface area (Å²) in [5, 5.41) is 2.74. The normalized spacial score (nSPS) is 22.0. The molecule has 1 aromatic rings. The van der Waals surface area contributed by atoms with E-state index in [9.17, 15) is 9.59 Å². The van der Waals surface area contributed by atoms with E-state index >= 15 is 0 Å². The Morgan fingerprint density at radius 3 is 2.23 bits per heavy atom. The Kier molecular flexibility index (Phi) is 5.22. The highest BCUT2D eigenvalue weighted by molar-refractivity contribution is 5.84. The largest absolute Gasteiger partial charge is 0.444 e. The van der Waals surface area contributed by atoms with Gasteiger partial charge in [0.25, 0.3) is 0 Å². The van der Waals surface area contributed by atoms with E-state index in [0.29, 0.717) is 5.92 Å². The fourth-order valence-electron chi connectivity index (χ4n) is 2.85. The summed E-state index contributed by atoms with van der Waals surface area (Å²) in [6.45, 7) is 5.52. The average Bonchev–Trinajstić information content (AvgIpc) is 2.46. The molecule has 1 N–H and O–H groups in total. The molecule has 22 heavy (non-hydrogen) atoms. The van der Waals surface area contributed by atoms with Crippen LogP contribution in [0.4, 0.5) is 10.5 Å². The van der Waals surface area contributed by atoms with Gasteiger partial charge in [-0.3, -0.25) is 5.32 Å². The number of ether oxygens (including phenoxy) is 1. The number of amides is 1. The number of rotatable bonds is 3. The van der Waals surface area contributed by atoms with Crippen LogP contribution in [0.1, 0.15) is 57.9 Å². The van der Waals surface area contributed by atoms with E-state index in [4.69, 9.17) is 4.74 Å². The SMILES string of the molecule is CC(C)(C)OC(=O)Nc1ccc(C2CCC(C=O)CC2)cc1. The molecule has 1 fully saturated rings. The minimum atomic E-state index is -0.499. The van der Waals surface area contributed by atoms with Crippen molar-refractivity contribution in [3.8, 4) is 0 Å². The summed E-state index contributed by atoms with van der Waals surface area (Å²) in [5.74, 6) is 0.760. The Morgan fingerprint density at radius 2 is 1.73 bits per heavy atom. The molecule has 2 rings (SSSR count). The Hall–Kier alpha value is -1.84. The number of carbonyl (C=O) groups is 2. The van der Waals surface area contributed by atoms with Gasteiger partial charge in [-0.25, -0.2) is 4.79 Å². The Labute approximate surface area is 132 Å². The first-order chi connectivity index (χ1) is 10.4. The predicted octanol–water partition coefficient (Wildman–Crippen LogP) is 4.51. The second kappa shape index (κ2) is 6.95. The van der Waals surface area contributed by atoms with E-state index in [0.717, 1.165) is 37.7 Å². The Bertz CT molecular complexity index is 508. The van der Waals surface area contributed by atoms with Crippen molar-refractivity contribution in [3.05, 3.63) is 29.8 Å². The molecule has 0 aliphatic heterocycles. The third-order valence-corrected chi connectivity index (χ3v) is 3.99. The van der Waals surface area contributed by atoms with E-state index in [1.165, 1.54) is 5.56 Å². The van der Waals surface area contributed by atoms with Gasteiger partial charge in [-0.2, -0.15) is 0 Å². The predicted molar refractivity (Wildman–Crippen MR) is 87.1 cm³/mol. The molecule has 0 radical (unpaired) electrons. The molecule has 0 spiro atoms. The van der Waals surface area contributed by atoms with Crippen molar-refractivity contribution in [2.24, 2.45) is 5.92 Å². The highest BCUT2D eigenvalue weighted by Crippen LogP contribution is 2.35. The van der Waals surface area contributed by atoms with Crippen LogP contribution < -0.4 is 5.32 Å². The van der Waals surface area contributed by atoms with Crippen molar-refractivity contribution in [1.29, 1.82) is 0 Å². The molecule has 0 aromatic heterocycles. The van der Waals surface area contributed by atoms with Crippen molar-refractivity contribution in [2.75, 3.05) is 5.32 Å². The summed E-state index contributed by atoms with van der Waals surface area (Å²) in [4.78, 5) is 22.5. The van der Waals surface area contributed by atoms with E-state index < -0.39 is 11.7 Å². The van der Waals surface area contributed by atoms with Gasteiger partial charge in [0, 0.05) is 11.6 Å². The van der Waals surface area contributed by atoms with Gasteiger partial charge in [0.2, 0.25) is 0 Å². The van der Waals surface area contributed by atoms with E-state index in [1.54, 1.807) is 0 Å². The molecule has 1 amide bonds. The minimum absolute atomic E-state index is 0.240. The summed E-state index contributed by atoms with van der Waals surface area (Å²) in [7, 11) is 0. The maximum absolute atomic E-state index is 11.7. The van der Waals surface area contributed by atoms with E-state index in [1.807, 2.05) is 32.9 Å². The van der Waals surface area contributed by atoms with Crippen LogP contribution in [0.2, 0.25) is 0 Å². The first-order valence-corrected chi connectivity index (χ1v) is 7.92. The zero-order chi connectivity index (χ0) is 16.2. The van der Waals surface area contributed by atoms with Gasteiger partial charge in [0.1, 0.15) is 11.9 Å². The quantitative estimate of drug-likeness (QED) is 0.836. The zero-order valence-corrected chi connectivity index (χ0v) is 13.6. The summed E-state index contributed by atoms with van der Waals surface area (Å²) < 4.78 is 5.23. The zero-order valence-electron chi connectivity index (χ0n) is 13.6. The molecule has 0 bridgehead atoms. The molecule has 1 aliphatic rings. The van der Waals surface area contributed by atoms with Crippen molar-refractivity contribution < 1.29 is 14.3 Å². The lowest BCUT2D eigenvalue weighted by Crippen LogP contribution is -2.27. The van der Waals surface area contributed by atoms with Crippen LogP contribution in [0.5, 0.6) is 0 Å². The summed E-state index contributed by atoms with van der Waals surface area (Å²) in [6.07, 6.45) is 4.72. The van der Waals surface area contributed by atoms with Crippen LogP contribution in [0, 0.1) is 5.92 Å². The fourth-order valence-corrected chi connectivity index (χ4v) is 2.85. The number of hydrogen-bond donors (Lipinski definition) is 1. The standard InChI is InChI=1S/C18H25NO3/c1-18(2,3)22-17(21)19-16-10-8-15(9-11-16)14-6-4-13(12-20)5-7-14/h8-14H,4-7H2,1-3H3,(H,19,21). The van der Waals surface area contributed by atoms with Crippen LogP contribution >= 0.6 is 0 Å². The van der Waals surface area contributed by atoms with Gasteiger partial charge >= 0.3 is 6.09 Å². The maximum atomic E-state index is 11.7. The molecular weight excluding hydrogens is 278 g/mol. The van der Waals surface area contributed by atoms with Gasteiger partial charge < -0.3 is 9.53 Å². The maximum Gasteiger partial charge on any atom is 0.412 e. The molecule has 0 saturated heterocycles. The Morgan fingerprint density at radius 1 is 1.14 bits per heavy atom. The molecular formula is C18H25NO3. The minimum Gasteiger partial charge on any atom is -0.444 e. The molecule has 1 aromatic carbocycles. The lowest BCUT2D eigenvalue weighted by atomic mass is 9.79. The number of hydrogen-bond acceptors (Lipinski definition) is 3. The summed E-state index contributed by atoms with van der Waals surface area (Å²) in [6, 6.07) is 7.92. The highest BCUT2D eigenvalue weighted by atomic mass is 16.6. The lowest BCUT2D eigenvalue weighted by Gasteiger charge is -2.25. The fraction of sp³-hybridized carbons (Fsp3) is 0.556. The van der Waals surface area contributed by atoms with Crippen molar-refractivity contribution in [1.82, 2.24) is 0 Å². The molecule has 1 saturated carbocycles. The first-order valence-electron chi connectivity index (χ1n) is 7.92.